The lowest BCUT2D eigenvalue weighted by Gasteiger charge is -2.27. The number of carbonyl (C=O) groups excluding carboxylic acids is 1. The number of carbonyl (C=O) groups is 1. The van der Waals surface area contributed by atoms with Gasteiger partial charge >= 0.3 is 6.09 Å². The van der Waals surface area contributed by atoms with Crippen LogP contribution < -0.4 is 5.32 Å². The Bertz CT molecular complexity index is 542. The summed E-state index contributed by atoms with van der Waals surface area (Å²) in [4.78, 5) is 12.0. The maximum absolute atomic E-state index is 12.0. The van der Waals surface area contributed by atoms with Gasteiger partial charge in [0.25, 0.3) is 0 Å². The second kappa shape index (κ2) is 6.60. The van der Waals surface area contributed by atoms with Gasteiger partial charge in [0.15, 0.2) is 11.6 Å². The highest BCUT2D eigenvalue weighted by Crippen LogP contribution is 2.42. The molecule has 0 saturated carbocycles. The van der Waals surface area contributed by atoms with Crippen molar-refractivity contribution >= 4 is 6.09 Å². The molecular formula is C18H31NO7. The second-order valence-electron chi connectivity index (χ2n) is 8.95. The molecule has 0 aromatic rings. The van der Waals surface area contributed by atoms with Crippen LogP contribution in [0.5, 0.6) is 0 Å². The Kier molecular flexibility index (Phi) is 5.03. The molecule has 1 amide bonds. The zero-order valence-corrected chi connectivity index (χ0v) is 16.7. The summed E-state index contributed by atoms with van der Waals surface area (Å²) < 4.78 is 35.1. The SMILES string of the molecule is CC(C)(C)OC(=O)NC[C@H]1O[C@H](C2COC(C)(C)O2)[C@@H]2OC(C)(C)O[C@@H]21. The standard InChI is InChI=1S/C18H31NO7/c1-16(2,3)26-15(20)19-8-10-13-14(25-18(6,7)24-13)12(22-10)11-9-21-17(4,5)23-11/h10-14H,8-9H2,1-7H3,(H,19,20)/t10-,11?,12-,13-,14+/m1/s1. The number of nitrogens with one attached hydrogen (secondary N) is 1. The highest BCUT2D eigenvalue weighted by molar-refractivity contribution is 5.67. The molecular weight excluding hydrogens is 342 g/mol. The van der Waals surface area contributed by atoms with Crippen molar-refractivity contribution in [2.45, 2.75) is 96.2 Å². The fraction of sp³-hybridized carbons (Fsp3) is 0.944. The fourth-order valence-electron chi connectivity index (χ4n) is 3.55. The molecule has 0 aromatic carbocycles. The number of hydrogen-bond acceptors (Lipinski definition) is 7. The van der Waals surface area contributed by atoms with Crippen LogP contribution in [-0.2, 0) is 28.4 Å². The van der Waals surface area contributed by atoms with E-state index in [-0.39, 0.29) is 37.1 Å². The lowest BCUT2D eigenvalue weighted by molar-refractivity contribution is -0.205. The average Bonchev–Trinajstić information content (AvgIpc) is 3.05. The number of fused-ring (bicyclic) bond motifs is 1. The monoisotopic (exact) mass is 373 g/mol. The third kappa shape index (κ3) is 4.48. The van der Waals surface area contributed by atoms with Crippen LogP contribution in [0.3, 0.4) is 0 Å². The van der Waals surface area contributed by atoms with E-state index in [1.807, 2.05) is 48.5 Å². The van der Waals surface area contributed by atoms with Gasteiger partial charge in [-0.1, -0.05) is 0 Å². The molecule has 3 aliphatic rings. The molecule has 5 atom stereocenters. The summed E-state index contributed by atoms with van der Waals surface area (Å²) in [5.74, 6) is -1.36. The quantitative estimate of drug-likeness (QED) is 0.809. The summed E-state index contributed by atoms with van der Waals surface area (Å²) in [6, 6.07) is 0. The molecule has 1 unspecified atom stereocenters. The van der Waals surface area contributed by atoms with Crippen LogP contribution in [0.4, 0.5) is 4.79 Å². The third-order valence-corrected chi connectivity index (χ3v) is 4.43. The topological polar surface area (TPSA) is 84.5 Å². The van der Waals surface area contributed by atoms with Gasteiger partial charge in [-0.3, -0.25) is 0 Å². The van der Waals surface area contributed by atoms with Crippen LogP contribution in [-0.4, -0.2) is 66.9 Å². The summed E-state index contributed by atoms with van der Waals surface area (Å²) in [6.07, 6.45) is -1.99. The Hall–Kier alpha value is -0.930. The number of ether oxygens (including phenoxy) is 6. The summed E-state index contributed by atoms with van der Waals surface area (Å²) in [6.45, 7) is 13.6. The molecule has 8 heteroatoms. The molecule has 0 aromatic heterocycles. The average molecular weight is 373 g/mol. The molecule has 0 bridgehead atoms. The third-order valence-electron chi connectivity index (χ3n) is 4.43. The van der Waals surface area contributed by atoms with E-state index in [0.29, 0.717) is 6.61 Å². The first-order valence-electron chi connectivity index (χ1n) is 9.15. The molecule has 0 radical (unpaired) electrons. The van der Waals surface area contributed by atoms with Crippen LogP contribution in [0.15, 0.2) is 0 Å². The summed E-state index contributed by atoms with van der Waals surface area (Å²) in [7, 11) is 0. The minimum absolute atomic E-state index is 0.249. The molecule has 3 heterocycles. The molecule has 3 aliphatic heterocycles. The van der Waals surface area contributed by atoms with Crippen LogP contribution in [0.2, 0.25) is 0 Å². The Morgan fingerprint density at radius 2 is 1.69 bits per heavy atom. The zero-order chi connectivity index (χ0) is 19.3. The predicted molar refractivity (Wildman–Crippen MR) is 91.6 cm³/mol. The lowest BCUT2D eigenvalue weighted by Crippen LogP contribution is -2.41. The van der Waals surface area contributed by atoms with Crippen molar-refractivity contribution in [3.8, 4) is 0 Å². The summed E-state index contributed by atoms with van der Waals surface area (Å²) in [5, 5.41) is 2.75. The smallest absolute Gasteiger partial charge is 0.407 e. The number of alkyl carbamates (subject to hydrolysis) is 1. The van der Waals surface area contributed by atoms with E-state index in [2.05, 4.69) is 5.32 Å². The van der Waals surface area contributed by atoms with E-state index in [1.54, 1.807) is 0 Å². The fourth-order valence-corrected chi connectivity index (χ4v) is 3.55. The van der Waals surface area contributed by atoms with Crippen molar-refractivity contribution in [1.29, 1.82) is 0 Å². The van der Waals surface area contributed by atoms with Crippen LogP contribution in [0, 0.1) is 0 Å². The van der Waals surface area contributed by atoms with E-state index in [0.717, 1.165) is 0 Å². The van der Waals surface area contributed by atoms with Gasteiger partial charge in [0.1, 0.15) is 36.1 Å². The minimum Gasteiger partial charge on any atom is -0.444 e. The minimum atomic E-state index is -0.712. The Morgan fingerprint density at radius 1 is 1.04 bits per heavy atom. The van der Waals surface area contributed by atoms with Crippen molar-refractivity contribution in [3.63, 3.8) is 0 Å². The molecule has 3 rings (SSSR count). The Morgan fingerprint density at radius 3 is 2.27 bits per heavy atom. The van der Waals surface area contributed by atoms with Crippen molar-refractivity contribution < 1.29 is 33.2 Å². The number of hydrogen-bond donors (Lipinski definition) is 1. The van der Waals surface area contributed by atoms with Crippen LogP contribution >= 0.6 is 0 Å². The summed E-state index contributed by atoms with van der Waals surface area (Å²) in [5.41, 5.74) is -0.554. The highest BCUT2D eigenvalue weighted by atomic mass is 16.8. The van der Waals surface area contributed by atoms with Gasteiger partial charge in [-0.2, -0.15) is 0 Å². The highest BCUT2D eigenvalue weighted by Gasteiger charge is 2.58. The van der Waals surface area contributed by atoms with Crippen LogP contribution in [0.1, 0.15) is 48.5 Å². The second-order valence-corrected chi connectivity index (χ2v) is 8.95. The first-order valence-corrected chi connectivity index (χ1v) is 9.15. The van der Waals surface area contributed by atoms with Gasteiger partial charge in [0.05, 0.1) is 6.61 Å². The van der Waals surface area contributed by atoms with Gasteiger partial charge in [-0.25, -0.2) is 4.79 Å². The van der Waals surface area contributed by atoms with Crippen LogP contribution in [0.25, 0.3) is 0 Å². The van der Waals surface area contributed by atoms with Crippen molar-refractivity contribution in [1.82, 2.24) is 5.32 Å². The summed E-state index contributed by atoms with van der Waals surface area (Å²) >= 11 is 0. The molecule has 3 saturated heterocycles. The molecule has 1 N–H and O–H groups in total. The largest absolute Gasteiger partial charge is 0.444 e. The van der Waals surface area contributed by atoms with Gasteiger partial charge in [-0.15, -0.1) is 0 Å². The van der Waals surface area contributed by atoms with Gasteiger partial charge < -0.3 is 33.7 Å². The normalized spacial score (nSPS) is 38.2. The Balaban J connectivity index is 1.64. The molecule has 3 fully saturated rings. The van der Waals surface area contributed by atoms with Gasteiger partial charge in [0, 0.05) is 6.54 Å². The van der Waals surface area contributed by atoms with Gasteiger partial charge in [-0.05, 0) is 48.5 Å². The van der Waals surface area contributed by atoms with Crippen molar-refractivity contribution in [2.24, 2.45) is 0 Å². The molecule has 150 valence electrons. The van der Waals surface area contributed by atoms with E-state index < -0.39 is 23.3 Å². The first-order chi connectivity index (χ1) is 11.9. The zero-order valence-electron chi connectivity index (χ0n) is 16.7. The maximum Gasteiger partial charge on any atom is 0.407 e. The van der Waals surface area contributed by atoms with Crippen molar-refractivity contribution in [3.05, 3.63) is 0 Å². The maximum atomic E-state index is 12.0. The van der Waals surface area contributed by atoms with E-state index >= 15 is 0 Å². The molecule has 26 heavy (non-hydrogen) atoms. The van der Waals surface area contributed by atoms with E-state index in [9.17, 15) is 4.79 Å². The Labute approximate surface area is 154 Å². The molecule has 8 nitrogen and oxygen atoms in total. The molecule has 0 aliphatic carbocycles. The van der Waals surface area contributed by atoms with Crippen molar-refractivity contribution in [2.75, 3.05) is 13.2 Å². The predicted octanol–water partition coefficient (Wildman–Crippen LogP) is 1.95. The lowest BCUT2D eigenvalue weighted by atomic mass is 10.0. The number of rotatable bonds is 3. The number of amides is 1. The first kappa shape index (κ1) is 19.8. The van der Waals surface area contributed by atoms with E-state index in [1.165, 1.54) is 0 Å². The van der Waals surface area contributed by atoms with Gasteiger partial charge in [0.2, 0.25) is 0 Å². The molecule has 0 spiro atoms. The van der Waals surface area contributed by atoms with E-state index in [4.69, 9.17) is 28.4 Å².